The number of nitrogens with one attached hydrogen (secondary N) is 1. The SMILES string of the molecule is CN(C)CC(C)(C)CNC(=O)C1(Cc2cccc(-c3ccncc3)c2)CCOCC1. The monoisotopic (exact) mass is 409 g/mol. The second-order valence-corrected chi connectivity index (χ2v) is 9.59. The number of aromatic nitrogens is 1. The molecule has 1 fully saturated rings. The van der Waals surface area contributed by atoms with Crippen molar-refractivity contribution in [3.63, 3.8) is 0 Å². The van der Waals surface area contributed by atoms with Crippen LogP contribution in [0.15, 0.2) is 48.8 Å². The summed E-state index contributed by atoms with van der Waals surface area (Å²) in [5.41, 5.74) is 3.09. The highest BCUT2D eigenvalue weighted by Crippen LogP contribution is 2.36. The van der Waals surface area contributed by atoms with Crippen molar-refractivity contribution in [3.05, 3.63) is 54.4 Å². The molecule has 1 aliphatic rings. The molecular formula is C25H35N3O2. The van der Waals surface area contributed by atoms with Crippen molar-refractivity contribution >= 4 is 5.91 Å². The van der Waals surface area contributed by atoms with Gasteiger partial charge in [0.05, 0.1) is 5.41 Å². The van der Waals surface area contributed by atoms with Gasteiger partial charge in [-0.1, -0.05) is 38.1 Å². The molecular weight excluding hydrogens is 374 g/mol. The van der Waals surface area contributed by atoms with Gasteiger partial charge in [-0.25, -0.2) is 0 Å². The number of hydrogen-bond acceptors (Lipinski definition) is 4. The van der Waals surface area contributed by atoms with E-state index in [9.17, 15) is 4.79 Å². The van der Waals surface area contributed by atoms with E-state index in [1.165, 1.54) is 5.56 Å². The zero-order chi connectivity index (χ0) is 21.6. The maximum absolute atomic E-state index is 13.4. The average Bonchev–Trinajstić information content (AvgIpc) is 2.73. The van der Waals surface area contributed by atoms with Crippen LogP contribution in [0.4, 0.5) is 0 Å². The van der Waals surface area contributed by atoms with E-state index in [2.05, 4.69) is 67.4 Å². The summed E-state index contributed by atoms with van der Waals surface area (Å²) in [6, 6.07) is 12.6. The van der Waals surface area contributed by atoms with E-state index in [0.29, 0.717) is 19.8 Å². The van der Waals surface area contributed by atoms with Gasteiger partial charge in [0.25, 0.3) is 0 Å². The minimum absolute atomic E-state index is 0.0206. The van der Waals surface area contributed by atoms with Crippen molar-refractivity contribution < 1.29 is 9.53 Å². The van der Waals surface area contributed by atoms with Gasteiger partial charge in [-0.15, -0.1) is 0 Å². The second-order valence-electron chi connectivity index (χ2n) is 9.59. The van der Waals surface area contributed by atoms with E-state index < -0.39 is 5.41 Å². The molecule has 5 nitrogen and oxygen atoms in total. The topological polar surface area (TPSA) is 54.5 Å². The summed E-state index contributed by atoms with van der Waals surface area (Å²) in [4.78, 5) is 19.7. The van der Waals surface area contributed by atoms with Crippen LogP contribution in [-0.2, 0) is 16.0 Å². The van der Waals surface area contributed by atoms with E-state index in [0.717, 1.165) is 36.9 Å². The molecule has 2 heterocycles. The maximum Gasteiger partial charge on any atom is 0.226 e. The first-order chi connectivity index (χ1) is 14.3. The third-order valence-electron chi connectivity index (χ3n) is 5.89. The normalized spacial score (nSPS) is 16.4. The number of nitrogens with zero attached hydrogens (tertiary/aromatic N) is 2. The maximum atomic E-state index is 13.4. The van der Waals surface area contributed by atoms with Crippen molar-refractivity contribution in [1.29, 1.82) is 0 Å². The van der Waals surface area contributed by atoms with Gasteiger partial charge in [0.2, 0.25) is 5.91 Å². The molecule has 30 heavy (non-hydrogen) atoms. The van der Waals surface area contributed by atoms with Gasteiger partial charge in [0, 0.05) is 38.7 Å². The Balaban J connectivity index is 1.76. The van der Waals surface area contributed by atoms with E-state index in [-0.39, 0.29) is 11.3 Å². The Hall–Kier alpha value is -2.24. The van der Waals surface area contributed by atoms with Gasteiger partial charge < -0.3 is 15.0 Å². The number of benzene rings is 1. The first-order valence-corrected chi connectivity index (χ1v) is 10.8. The highest BCUT2D eigenvalue weighted by Gasteiger charge is 2.40. The van der Waals surface area contributed by atoms with Gasteiger partial charge in [0.1, 0.15) is 0 Å². The third kappa shape index (κ3) is 5.89. The summed E-state index contributed by atoms with van der Waals surface area (Å²) in [6.45, 7) is 7.27. The van der Waals surface area contributed by atoms with Crippen LogP contribution in [0.5, 0.6) is 0 Å². The van der Waals surface area contributed by atoms with Crippen molar-refractivity contribution in [2.24, 2.45) is 10.8 Å². The molecule has 3 rings (SSSR count). The van der Waals surface area contributed by atoms with Crippen LogP contribution in [0.25, 0.3) is 11.1 Å². The Kier molecular flexibility index (Phi) is 7.27. The van der Waals surface area contributed by atoms with Gasteiger partial charge >= 0.3 is 0 Å². The van der Waals surface area contributed by atoms with Crippen LogP contribution in [0.1, 0.15) is 32.3 Å². The molecule has 1 aliphatic heterocycles. The lowest BCUT2D eigenvalue weighted by Gasteiger charge is -2.37. The van der Waals surface area contributed by atoms with Crippen molar-refractivity contribution in [2.75, 3.05) is 40.4 Å². The summed E-state index contributed by atoms with van der Waals surface area (Å²) in [7, 11) is 4.14. The average molecular weight is 410 g/mol. The van der Waals surface area contributed by atoms with E-state index in [1.54, 1.807) is 0 Å². The van der Waals surface area contributed by atoms with Crippen molar-refractivity contribution in [1.82, 2.24) is 15.2 Å². The minimum atomic E-state index is -0.413. The smallest absolute Gasteiger partial charge is 0.226 e. The van der Waals surface area contributed by atoms with Crippen LogP contribution < -0.4 is 5.32 Å². The Morgan fingerprint density at radius 3 is 2.50 bits per heavy atom. The molecule has 0 aliphatic carbocycles. The molecule has 1 amide bonds. The molecule has 162 valence electrons. The lowest BCUT2D eigenvalue weighted by atomic mass is 9.74. The lowest BCUT2D eigenvalue weighted by molar-refractivity contribution is -0.137. The van der Waals surface area contributed by atoms with Crippen LogP contribution >= 0.6 is 0 Å². The fourth-order valence-corrected chi connectivity index (χ4v) is 4.46. The highest BCUT2D eigenvalue weighted by molar-refractivity contribution is 5.83. The van der Waals surface area contributed by atoms with E-state index >= 15 is 0 Å². The Morgan fingerprint density at radius 2 is 1.83 bits per heavy atom. The fourth-order valence-electron chi connectivity index (χ4n) is 4.46. The van der Waals surface area contributed by atoms with Crippen molar-refractivity contribution in [2.45, 2.75) is 33.1 Å². The fraction of sp³-hybridized carbons (Fsp3) is 0.520. The van der Waals surface area contributed by atoms with Gasteiger partial charge in [0.15, 0.2) is 0 Å². The molecule has 5 heteroatoms. The van der Waals surface area contributed by atoms with E-state index in [4.69, 9.17) is 4.74 Å². The Morgan fingerprint density at radius 1 is 1.13 bits per heavy atom. The van der Waals surface area contributed by atoms with Crippen LogP contribution in [0, 0.1) is 10.8 Å². The quantitative estimate of drug-likeness (QED) is 0.721. The standard InChI is InChI=1S/C25H35N3O2/c1-24(2,19-28(3)4)18-27-23(29)25(10-14-30-15-11-25)17-20-6-5-7-22(16-20)21-8-12-26-13-9-21/h5-9,12-13,16H,10-11,14-15,17-19H2,1-4H3,(H,27,29). The van der Waals surface area contributed by atoms with Gasteiger partial charge in [-0.2, -0.15) is 0 Å². The molecule has 0 unspecified atom stereocenters. The molecule has 0 spiro atoms. The predicted octanol–water partition coefficient (Wildman–Crippen LogP) is 3.79. The third-order valence-corrected chi connectivity index (χ3v) is 5.89. The lowest BCUT2D eigenvalue weighted by Crippen LogP contribution is -2.49. The van der Waals surface area contributed by atoms with Crippen LogP contribution in [0.3, 0.4) is 0 Å². The number of hydrogen-bond donors (Lipinski definition) is 1. The summed E-state index contributed by atoms with van der Waals surface area (Å²) in [5, 5.41) is 3.28. The number of ether oxygens (including phenoxy) is 1. The van der Waals surface area contributed by atoms with Crippen LogP contribution in [-0.4, -0.2) is 56.2 Å². The zero-order valence-corrected chi connectivity index (χ0v) is 18.8. The number of amides is 1. The molecule has 0 bridgehead atoms. The summed E-state index contributed by atoms with van der Waals surface area (Å²) in [6.07, 6.45) is 5.86. The summed E-state index contributed by atoms with van der Waals surface area (Å²) in [5.74, 6) is 0.159. The molecule has 0 atom stereocenters. The molecule has 0 saturated carbocycles. The Labute approximate surface area is 180 Å². The van der Waals surface area contributed by atoms with Crippen molar-refractivity contribution in [3.8, 4) is 11.1 Å². The number of rotatable bonds is 8. The zero-order valence-electron chi connectivity index (χ0n) is 18.8. The first kappa shape index (κ1) is 22.4. The molecule has 2 aromatic rings. The van der Waals surface area contributed by atoms with Gasteiger partial charge in [-0.05, 0) is 67.6 Å². The molecule has 1 aromatic heterocycles. The highest BCUT2D eigenvalue weighted by atomic mass is 16.5. The Bertz CT molecular complexity index is 827. The largest absolute Gasteiger partial charge is 0.381 e. The second kappa shape index (κ2) is 9.71. The molecule has 1 saturated heterocycles. The number of pyridine rings is 1. The first-order valence-electron chi connectivity index (χ1n) is 10.8. The minimum Gasteiger partial charge on any atom is -0.381 e. The van der Waals surface area contributed by atoms with Gasteiger partial charge in [-0.3, -0.25) is 9.78 Å². The molecule has 1 N–H and O–H groups in total. The number of carbonyl (C=O) groups is 1. The number of carbonyl (C=O) groups excluding carboxylic acids is 1. The van der Waals surface area contributed by atoms with E-state index in [1.807, 2.05) is 24.5 Å². The summed E-state index contributed by atoms with van der Waals surface area (Å²) < 4.78 is 5.61. The molecule has 0 radical (unpaired) electrons. The predicted molar refractivity (Wildman–Crippen MR) is 121 cm³/mol. The molecule has 1 aromatic carbocycles. The summed E-state index contributed by atoms with van der Waals surface area (Å²) >= 11 is 0. The van der Waals surface area contributed by atoms with Crippen LogP contribution in [0.2, 0.25) is 0 Å².